The first-order chi connectivity index (χ1) is 11.4. The van der Waals surface area contributed by atoms with Crippen LogP contribution in [-0.4, -0.2) is 47.9 Å². The van der Waals surface area contributed by atoms with Gasteiger partial charge in [0, 0.05) is 24.7 Å². The van der Waals surface area contributed by atoms with Crippen LogP contribution >= 0.6 is 0 Å². The first kappa shape index (κ1) is 17.3. The van der Waals surface area contributed by atoms with Crippen molar-refractivity contribution in [2.75, 3.05) is 26.2 Å². The molecule has 2 aliphatic rings. The summed E-state index contributed by atoms with van der Waals surface area (Å²) in [5.41, 5.74) is -0.625. The number of alkyl halides is 3. The third-order valence-corrected chi connectivity index (χ3v) is 4.99. The predicted octanol–water partition coefficient (Wildman–Crippen LogP) is 3.80. The van der Waals surface area contributed by atoms with E-state index in [1.165, 1.54) is 25.0 Å². The predicted molar refractivity (Wildman–Crippen MR) is 85.8 cm³/mol. The maximum absolute atomic E-state index is 12.9. The molecule has 0 spiro atoms. The van der Waals surface area contributed by atoms with Crippen LogP contribution in [0.5, 0.6) is 0 Å². The van der Waals surface area contributed by atoms with E-state index in [0.717, 1.165) is 51.0 Å². The van der Waals surface area contributed by atoms with Gasteiger partial charge >= 0.3 is 6.18 Å². The number of hydrogen-bond acceptors (Lipinski definition) is 2. The van der Waals surface area contributed by atoms with Gasteiger partial charge in [-0.15, -0.1) is 0 Å². The largest absolute Gasteiger partial charge is 0.416 e. The molecule has 132 valence electrons. The fourth-order valence-electron chi connectivity index (χ4n) is 3.72. The molecule has 0 N–H and O–H groups in total. The second-order valence-electron chi connectivity index (χ2n) is 6.73. The Morgan fingerprint density at radius 1 is 1.08 bits per heavy atom. The maximum Gasteiger partial charge on any atom is 0.416 e. The lowest BCUT2D eigenvalue weighted by Crippen LogP contribution is -2.49. The van der Waals surface area contributed by atoms with Gasteiger partial charge in [0.05, 0.1) is 5.56 Å². The standard InChI is InChI=1S/C18H23F3N2O/c19-18(20,21)15-7-5-6-14(12-15)17(24)23-11-2-1-8-16(23)13-22-9-3-4-10-22/h5-7,12,16H,1-4,8-11,13H2/t16-/m1/s1. The highest BCUT2D eigenvalue weighted by Crippen LogP contribution is 2.30. The van der Waals surface area contributed by atoms with Gasteiger partial charge in [-0.2, -0.15) is 13.2 Å². The molecule has 0 unspecified atom stereocenters. The first-order valence-electron chi connectivity index (χ1n) is 8.66. The molecule has 0 radical (unpaired) electrons. The van der Waals surface area contributed by atoms with Crippen molar-refractivity contribution in [3.63, 3.8) is 0 Å². The van der Waals surface area contributed by atoms with Crippen molar-refractivity contribution in [1.29, 1.82) is 0 Å². The molecule has 3 nitrogen and oxygen atoms in total. The lowest BCUT2D eigenvalue weighted by Gasteiger charge is -2.38. The summed E-state index contributed by atoms with van der Waals surface area (Å²) in [5, 5.41) is 0. The van der Waals surface area contributed by atoms with Crippen molar-refractivity contribution in [3.8, 4) is 0 Å². The van der Waals surface area contributed by atoms with Crippen LogP contribution in [0.25, 0.3) is 0 Å². The van der Waals surface area contributed by atoms with Gasteiger partial charge in [0.25, 0.3) is 5.91 Å². The zero-order valence-electron chi connectivity index (χ0n) is 13.7. The van der Waals surface area contributed by atoms with E-state index in [2.05, 4.69) is 4.90 Å². The van der Waals surface area contributed by atoms with Crippen molar-refractivity contribution in [3.05, 3.63) is 35.4 Å². The summed E-state index contributed by atoms with van der Waals surface area (Å²) in [7, 11) is 0. The highest BCUT2D eigenvalue weighted by molar-refractivity contribution is 5.94. The number of nitrogens with zero attached hydrogens (tertiary/aromatic N) is 2. The fourth-order valence-corrected chi connectivity index (χ4v) is 3.72. The van der Waals surface area contributed by atoms with E-state index < -0.39 is 11.7 Å². The van der Waals surface area contributed by atoms with Crippen LogP contribution in [0.15, 0.2) is 24.3 Å². The molecule has 0 bridgehead atoms. The number of hydrogen-bond donors (Lipinski definition) is 0. The fraction of sp³-hybridized carbons (Fsp3) is 0.611. The van der Waals surface area contributed by atoms with Gasteiger partial charge in [0.15, 0.2) is 0 Å². The number of carbonyl (C=O) groups excluding carboxylic acids is 1. The van der Waals surface area contributed by atoms with Crippen LogP contribution in [0.1, 0.15) is 48.0 Å². The number of carbonyl (C=O) groups is 1. The summed E-state index contributed by atoms with van der Waals surface area (Å²) in [6, 6.07) is 4.89. The molecule has 2 aliphatic heterocycles. The van der Waals surface area contributed by atoms with Crippen LogP contribution in [0.2, 0.25) is 0 Å². The van der Waals surface area contributed by atoms with E-state index in [-0.39, 0.29) is 17.5 Å². The Bertz CT molecular complexity index is 582. The molecular weight excluding hydrogens is 317 g/mol. The normalized spacial score (nSPS) is 22.8. The average Bonchev–Trinajstić information content (AvgIpc) is 3.07. The smallest absolute Gasteiger partial charge is 0.334 e. The van der Waals surface area contributed by atoms with Crippen molar-refractivity contribution < 1.29 is 18.0 Å². The quantitative estimate of drug-likeness (QED) is 0.836. The lowest BCUT2D eigenvalue weighted by molar-refractivity contribution is -0.137. The summed E-state index contributed by atoms with van der Waals surface area (Å²) >= 11 is 0. The van der Waals surface area contributed by atoms with Crippen molar-refractivity contribution >= 4 is 5.91 Å². The van der Waals surface area contributed by atoms with Gasteiger partial charge < -0.3 is 9.80 Å². The monoisotopic (exact) mass is 340 g/mol. The topological polar surface area (TPSA) is 23.6 Å². The first-order valence-corrected chi connectivity index (χ1v) is 8.66. The van der Waals surface area contributed by atoms with Gasteiger partial charge in [0.2, 0.25) is 0 Å². The van der Waals surface area contributed by atoms with Gasteiger partial charge in [-0.1, -0.05) is 6.07 Å². The van der Waals surface area contributed by atoms with Crippen molar-refractivity contribution in [2.24, 2.45) is 0 Å². The van der Waals surface area contributed by atoms with Crippen LogP contribution in [-0.2, 0) is 6.18 Å². The summed E-state index contributed by atoms with van der Waals surface area (Å²) in [5.74, 6) is -0.273. The zero-order valence-corrected chi connectivity index (χ0v) is 13.7. The Morgan fingerprint density at radius 3 is 2.50 bits per heavy atom. The van der Waals surface area contributed by atoms with Crippen LogP contribution < -0.4 is 0 Å². The molecule has 1 aromatic rings. The number of piperidine rings is 1. The van der Waals surface area contributed by atoms with Crippen LogP contribution in [0, 0.1) is 0 Å². The van der Waals surface area contributed by atoms with E-state index in [1.54, 1.807) is 4.90 Å². The third-order valence-electron chi connectivity index (χ3n) is 4.99. The molecule has 2 saturated heterocycles. The molecule has 2 heterocycles. The molecular formula is C18H23F3N2O. The molecule has 6 heteroatoms. The zero-order chi connectivity index (χ0) is 17.2. The van der Waals surface area contributed by atoms with Crippen LogP contribution in [0.3, 0.4) is 0 Å². The SMILES string of the molecule is O=C(c1cccc(C(F)(F)F)c1)N1CCCC[C@@H]1CN1CCCC1. The Balaban J connectivity index is 1.76. The second kappa shape index (κ2) is 7.13. The Morgan fingerprint density at radius 2 is 1.79 bits per heavy atom. The number of amides is 1. The minimum Gasteiger partial charge on any atom is -0.334 e. The molecule has 24 heavy (non-hydrogen) atoms. The minimum absolute atomic E-state index is 0.110. The summed E-state index contributed by atoms with van der Waals surface area (Å²) < 4.78 is 38.7. The van der Waals surface area contributed by atoms with Gasteiger partial charge in [-0.05, 0) is 63.4 Å². The van der Waals surface area contributed by atoms with E-state index in [9.17, 15) is 18.0 Å². The Kier molecular flexibility index (Phi) is 5.13. The second-order valence-corrected chi connectivity index (χ2v) is 6.73. The van der Waals surface area contributed by atoms with Gasteiger partial charge in [0.1, 0.15) is 0 Å². The molecule has 2 fully saturated rings. The summed E-state index contributed by atoms with van der Waals surface area (Å²) in [6.07, 6.45) is 0.878. The van der Waals surface area contributed by atoms with E-state index in [0.29, 0.717) is 6.54 Å². The summed E-state index contributed by atoms with van der Waals surface area (Å²) in [4.78, 5) is 17.0. The van der Waals surface area contributed by atoms with E-state index >= 15 is 0 Å². The van der Waals surface area contributed by atoms with Gasteiger partial charge in [-0.3, -0.25) is 4.79 Å². The molecule has 0 aromatic heterocycles. The number of benzene rings is 1. The maximum atomic E-state index is 12.9. The van der Waals surface area contributed by atoms with Crippen molar-refractivity contribution in [1.82, 2.24) is 9.80 Å². The number of likely N-dealkylation sites (tertiary alicyclic amines) is 2. The molecule has 1 atom stereocenters. The van der Waals surface area contributed by atoms with Crippen LogP contribution in [0.4, 0.5) is 13.2 Å². The molecule has 0 aliphatic carbocycles. The molecule has 1 amide bonds. The Labute approximate surface area is 140 Å². The minimum atomic E-state index is -4.42. The summed E-state index contributed by atoms with van der Waals surface area (Å²) in [6.45, 7) is 3.59. The average molecular weight is 340 g/mol. The highest BCUT2D eigenvalue weighted by atomic mass is 19.4. The van der Waals surface area contributed by atoms with Crippen molar-refractivity contribution in [2.45, 2.75) is 44.3 Å². The van der Waals surface area contributed by atoms with E-state index in [1.807, 2.05) is 0 Å². The Hall–Kier alpha value is -1.56. The molecule has 3 rings (SSSR count). The lowest BCUT2D eigenvalue weighted by atomic mass is 9.99. The molecule has 0 saturated carbocycles. The van der Waals surface area contributed by atoms with E-state index in [4.69, 9.17) is 0 Å². The number of rotatable bonds is 3. The highest BCUT2D eigenvalue weighted by Gasteiger charge is 2.33. The number of halogens is 3. The third kappa shape index (κ3) is 3.91. The van der Waals surface area contributed by atoms with Gasteiger partial charge in [-0.25, -0.2) is 0 Å². The molecule has 1 aromatic carbocycles.